The summed E-state index contributed by atoms with van der Waals surface area (Å²) in [6.45, 7) is 3.71. The van der Waals surface area contributed by atoms with Crippen LogP contribution < -0.4 is 0 Å². The number of ether oxygens (including phenoxy) is 2. The molecule has 1 saturated carbocycles. The lowest BCUT2D eigenvalue weighted by atomic mass is 9.84. The van der Waals surface area contributed by atoms with Crippen molar-refractivity contribution in [2.24, 2.45) is 0 Å². The van der Waals surface area contributed by atoms with Gasteiger partial charge < -0.3 is 19.7 Å². The Morgan fingerprint density at radius 3 is 2.17 bits per heavy atom. The highest BCUT2D eigenvalue weighted by molar-refractivity contribution is 5.73. The minimum atomic E-state index is -5.08. The Hall–Kier alpha value is -2.45. The Morgan fingerprint density at radius 2 is 1.69 bits per heavy atom. The number of halogens is 6. The van der Waals surface area contributed by atoms with Crippen LogP contribution in [0.1, 0.15) is 44.2 Å². The van der Waals surface area contributed by atoms with Gasteiger partial charge in [-0.3, -0.25) is 9.88 Å². The van der Waals surface area contributed by atoms with Crippen molar-refractivity contribution in [1.29, 1.82) is 0 Å². The normalized spacial score (nSPS) is 24.7. The number of carboxylic acid groups (broad SMARTS) is 2. The number of carboxylic acids is 2. The lowest BCUT2D eigenvalue weighted by molar-refractivity contribution is -0.193. The van der Waals surface area contributed by atoms with Gasteiger partial charge in [0.05, 0.1) is 30.6 Å². The van der Waals surface area contributed by atoms with E-state index in [1.807, 2.05) is 24.4 Å². The number of carbonyl (C=O) groups is 2. The SMILES string of the molecule is O=C(O)C(F)(F)F.O=C(O)C(F)(F)F.c1ccc(CO[C@@H]2CO[C@@]3(CCCN(C4CCC4)C3)C2)nc1. The molecule has 2 saturated heterocycles. The maximum absolute atomic E-state index is 10.6. The molecule has 1 aliphatic carbocycles. The van der Waals surface area contributed by atoms with Crippen LogP contribution in [0, 0.1) is 0 Å². The molecule has 8 nitrogen and oxygen atoms in total. The van der Waals surface area contributed by atoms with E-state index in [0.717, 1.165) is 31.3 Å². The van der Waals surface area contributed by atoms with Crippen LogP contribution in [-0.4, -0.2) is 81.8 Å². The topological polar surface area (TPSA) is 109 Å². The third kappa shape index (κ3) is 9.54. The van der Waals surface area contributed by atoms with E-state index in [0.29, 0.717) is 6.61 Å². The summed E-state index contributed by atoms with van der Waals surface area (Å²) in [6, 6.07) is 6.80. The van der Waals surface area contributed by atoms with Gasteiger partial charge in [-0.2, -0.15) is 26.3 Å². The van der Waals surface area contributed by atoms with Gasteiger partial charge in [-0.05, 0) is 44.4 Å². The molecule has 14 heteroatoms. The monoisotopic (exact) mass is 530 g/mol. The summed E-state index contributed by atoms with van der Waals surface area (Å²) < 4.78 is 75.8. The number of alkyl halides is 6. The highest BCUT2D eigenvalue weighted by atomic mass is 19.4. The van der Waals surface area contributed by atoms with Crippen molar-refractivity contribution < 1.29 is 55.6 Å². The third-order valence-electron chi connectivity index (χ3n) is 6.01. The molecule has 0 bridgehead atoms. The molecule has 0 radical (unpaired) electrons. The first-order chi connectivity index (χ1) is 16.7. The smallest absolute Gasteiger partial charge is 0.475 e. The fraction of sp³-hybridized carbons (Fsp3) is 0.682. The van der Waals surface area contributed by atoms with Crippen LogP contribution in [0.4, 0.5) is 26.3 Å². The number of piperidine rings is 1. The molecule has 0 aromatic carbocycles. The molecule has 204 valence electrons. The largest absolute Gasteiger partial charge is 0.490 e. The molecule has 2 N–H and O–H groups in total. The minimum absolute atomic E-state index is 0.0582. The molecule has 1 aromatic heterocycles. The number of aromatic nitrogens is 1. The lowest BCUT2D eigenvalue weighted by Gasteiger charge is -2.46. The van der Waals surface area contributed by atoms with E-state index in [1.165, 1.54) is 38.6 Å². The van der Waals surface area contributed by atoms with Crippen molar-refractivity contribution in [3.8, 4) is 0 Å². The molecule has 0 amide bonds. The predicted molar refractivity (Wildman–Crippen MR) is 112 cm³/mol. The molecule has 3 aliphatic rings. The van der Waals surface area contributed by atoms with Crippen LogP contribution in [0.25, 0.3) is 0 Å². The minimum Gasteiger partial charge on any atom is -0.475 e. The molecule has 36 heavy (non-hydrogen) atoms. The summed E-state index contributed by atoms with van der Waals surface area (Å²) in [5, 5.41) is 14.2. The van der Waals surface area contributed by atoms with Crippen molar-refractivity contribution in [1.82, 2.24) is 9.88 Å². The number of nitrogens with zero attached hydrogens (tertiary/aromatic N) is 2. The number of likely N-dealkylation sites (tertiary alicyclic amines) is 1. The third-order valence-corrected chi connectivity index (χ3v) is 6.01. The van der Waals surface area contributed by atoms with Crippen LogP contribution >= 0.6 is 0 Å². The molecule has 2 aliphatic heterocycles. The van der Waals surface area contributed by atoms with Crippen LogP contribution in [0.2, 0.25) is 0 Å². The van der Waals surface area contributed by atoms with Crippen molar-refractivity contribution in [2.75, 3.05) is 19.7 Å². The zero-order valence-electron chi connectivity index (χ0n) is 19.2. The zero-order chi connectivity index (χ0) is 27.0. The van der Waals surface area contributed by atoms with E-state index in [1.54, 1.807) is 0 Å². The molecule has 1 aromatic rings. The first-order valence-corrected chi connectivity index (χ1v) is 11.2. The second-order valence-electron chi connectivity index (χ2n) is 8.72. The Kier molecular flexibility index (Phi) is 10.5. The van der Waals surface area contributed by atoms with E-state index in [2.05, 4.69) is 9.88 Å². The van der Waals surface area contributed by atoms with Gasteiger partial charge in [-0.25, -0.2) is 9.59 Å². The van der Waals surface area contributed by atoms with Gasteiger partial charge in [-0.1, -0.05) is 12.5 Å². The van der Waals surface area contributed by atoms with Gasteiger partial charge in [0.1, 0.15) is 0 Å². The van der Waals surface area contributed by atoms with Gasteiger partial charge in [0.15, 0.2) is 0 Å². The van der Waals surface area contributed by atoms with Crippen LogP contribution in [0.3, 0.4) is 0 Å². The van der Waals surface area contributed by atoms with Gasteiger partial charge in [-0.15, -0.1) is 0 Å². The Morgan fingerprint density at radius 1 is 1.08 bits per heavy atom. The van der Waals surface area contributed by atoms with Crippen LogP contribution in [0.5, 0.6) is 0 Å². The molecule has 3 fully saturated rings. The van der Waals surface area contributed by atoms with E-state index >= 15 is 0 Å². The second kappa shape index (κ2) is 12.7. The van der Waals surface area contributed by atoms with E-state index < -0.39 is 24.3 Å². The number of pyridine rings is 1. The molecule has 3 heterocycles. The highest BCUT2D eigenvalue weighted by Gasteiger charge is 2.45. The average Bonchev–Trinajstić information content (AvgIpc) is 3.13. The summed E-state index contributed by atoms with van der Waals surface area (Å²) >= 11 is 0. The zero-order valence-corrected chi connectivity index (χ0v) is 19.2. The Balaban J connectivity index is 0.000000271. The maximum Gasteiger partial charge on any atom is 0.490 e. The fourth-order valence-electron chi connectivity index (χ4n) is 4.08. The predicted octanol–water partition coefficient (Wildman–Crippen LogP) is 4.04. The molecule has 1 spiro atoms. The summed E-state index contributed by atoms with van der Waals surface area (Å²) in [7, 11) is 0. The fourth-order valence-corrected chi connectivity index (χ4v) is 4.08. The van der Waals surface area contributed by atoms with Gasteiger partial charge in [0.2, 0.25) is 0 Å². The molecule has 2 atom stereocenters. The van der Waals surface area contributed by atoms with Crippen molar-refractivity contribution in [2.45, 2.75) is 75.2 Å². The molecule has 0 unspecified atom stereocenters. The lowest BCUT2D eigenvalue weighted by Crippen LogP contribution is -2.53. The summed E-state index contributed by atoms with van der Waals surface area (Å²) in [4.78, 5) is 24.8. The van der Waals surface area contributed by atoms with E-state index in [4.69, 9.17) is 29.3 Å². The Bertz CT molecular complexity index is 826. The highest BCUT2D eigenvalue weighted by Crippen LogP contribution is 2.38. The maximum atomic E-state index is 10.6. The second-order valence-corrected chi connectivity index (χ2v) is 8.72. The number of hydrogen-bond donors (Lipinski definition) is 2. The molecular formula is C22H28F6N2O6. The Labute approximate surface area is 203 Å². The summed E-state index contributed by atoms with van der Waals surface area (Å²) in [5.41, 5.74) is 1.06. The average molecular weight is 530 g/mol. The quantitative estimate of drug-likeness (QED) is 0.562. The standard InChI is InChI=1S/C18H26N2O2.2C2HF3O2/c1-2-9-19-15(5-1)12-21-17-11-18(22-13-17)8-4-10-20(14-18)16-6-3-7-16;2*3-2(4,5)1(6)7/h1-2,5,9,16-17H,3-4,6-8,10-14H2;2*(H,6,7)/t17-,18-;;/m0../s1. The van der Waals surface area contributed by atoms with Crippen molar-refractivity contribution in [3.63, 3.8) is 0 Å². The van der Waals surface area contributed by atoms with Crippen molar-refractivity contribution >= 4 is 11.9 Å². The first kappa shape index (κ1) is 29.8. The van der Waals surface area contributed by atoms with Crippen LogP contribution in [0.15, 0.2) is 24.4 Å². The molecule has 4 rings (SSSR count). The van der Waals surface area contributed by atoms with Gasteiger partial charge >= 0.3 is 24.3 Å². The van der Waals surface area contributed by atoms with E-state index in [-0.39, 0.29) is 11.7 Å². The van der Waals surface area contributed by atoms with Gasteiger partial charge in [0.25, 0.3) is 0 Å². The summed E-state index contributed by atoms with van der Waals surface area (Å²) in [6.07, 6.45) is -0.436. The number of hydrogen-bond acceptors (Lipinski definition) is 6. The number of aliphatic carboxylic acids is 2. The first-order valence-electron chi connectivity index (χ1n) is 11.2. The molecular weight excluding hydrogens is 502 g/mol. The van der Waals surface area contributed by atoms with Crippen LogP contribution in [-0.2, 0) is 25.7 Å². The van der Waals surface area contributed by atoms with Gasteiger partial charge in [0, 0.05) is 25.2 Å². The summed E-state index contributed by atoms with van der Waals surface area (Å²) in [5.74, 6) is -5.51. The van der Waals surface area contributed by atoms with E-state index in [9.17, 15) is 26.3 Å². The van der Waals surface area contributed by atoms with Crippen molar-refractivity contribution in [3.05, 3.63) is 30.1 Å². The number of rotatable bonds is 4.